The van der Waals surface area contributed by atoms with Crippen molar-refractivity contribution in [3.05, 3.63) is 40.3 Å². The molecule has 0 fully saturated rings. The van der Waals surface area contributed by atoms with E-state index in [1.807, 2.05) is 49.7 Å². The fourth-order valence-electron chi connectivity index (χ4n) is 2.55. The third-order valence-corrected chi connectivity index (χ3v) is 3.38. The maximum Gasteiger partial charge on any atom is 0.294 e. The van der Waals surface area contributed by atoms with Crippen molar-refractivity contribution in [2.75, 3.05) is 12.8 Å². The van der Waals surface area contributed by atoms with Crippen LogP contribution in [0.15, 0.2) is 29.1 Å². The number of nitrogens with zero attached hydrogens (tertiary/aromatic N) is 2. The molecule has 20 heavy (non-hydrogen) atoms. The molecule has 0 amide bonds. The Balaban J connectivity index is 2.81. The molecule has 5 heteroatoms. The number of para-hydroxylation sites is 2. The van der Waals surface area contributed by atoms with E-state index < -0.39 is 0 Å². The molecule has 2 aromatic rings. The molecule has 0 saturated heterocycles. The van der Waals surface area contributed by atoms with Crippen LogP contribution in [-0.4, -0.2) is 16.5 Å². The molecule has 1 heterocycles. The monoisotopic (exact) mass is 275 g/mol. The summed E-state index contributed by atoms with van der Waals surface area (Å²) in [6.45, 7) is 6.72. The first-order valence-electron chi connectivity index (χ1n) is 6.77. The lowest BCUT2D eigenvalue weighted by Crippen LogP contribution is -2.22. The fraction of sp³-hybridized carbons (Fsp3) is 0.400. The lowest BCUT2D eigenvalue weighted by Gasteiger charge is -2.16. The SMILES string of the molecule is CCn1c(C(C)C)c(N)c(=O)n1-c1ccccc1OC. The van der Waals surface area contributed by atoms with Crippen LogP contribution in [0, 0.1) is 0 Å². The van der Waals surface area contributed by atoms with Crippen molar-refractivity contribution in [2.45, 2.75) is 33.2 Å². The first-order chi connectivity index (χ1) is 9.52. The highest BCUT2D eigenvalue weighted by Gasteiger charge is 2.21. The maximum absolute atomic E-state index is 12.5. The number of anilines is 1. The van der Waals surface area contributed by atoms with Gasteiger partial charge < -0.3 is 10.5 Å². The summed E-state index contributed by atoms with van der Waals surface area (Å²) in [6.07, 6.45) is 0. The minimum atomic E-state index is -0.194. The van der Waals surface area contributed by atoms with Gasteiger partial charge >= 0.3 is 0 Å². The van der Waals surface area contributed by atoms with Gasteiger partial charge in [-0.05, 0) is 25.0 Å². The number of ether oxygens (including phenoxy) is 1. The first-order valence-corrected chi connectivity index (χ1v) is 6.77. The van der Waals surface area contributed by atoms with Crippen molar-refractivity contribution < 1.29 is 4.74 Å². The smallest absolute Gasteiger partial charge is 0.294 e. The second-order valence-electron chi connectivity index (χ2n) is 4.96. The quantitative estimate of drug-likeness (QED) is 0.931. The average molecular weight is 275 g/mol. The molecule has 0 spiro atoms. The van der Waals surface area contributed by atoms with Crippen molar-refractivity contribution >= 4 is 5.69 Å². The molecule has 0 bridgehead atoms. The second-order valence-corrected chi connectivity index (χ2v) is 4.96. The molecule has 0 unspecified atom stereocenters. The van der Waals surface area contributed by atoms with Gasteiger partial charge in [0.2, 0.25) is 0 Å². The zero-order valence-corrected chi connectivity index (χ0v) is 12.4. The molecule has 0 aliphatic carbocycles. The molecule has 2 N–H and O–H groups in total. The molecule has 1 aromatic heterocycles. The number of benzene rings is 1. The van der Waals surface area contributed by atoms with Crippen LogP contribution in [0.2, 0.25) is 0 Å². The summed E-state index contributed by atoms with van der Waals surface area (Å²) in [4.78, 5) is 12.5. The molecule has 0 saturated carbocycles. The van der Waals surface area contributed by atoms with Crippen molar-refractivity contribution in [2.24, 2.45) is 0 Å². The summed E-state index contributed by atoms with van der Waals surface area (Å²) < 4.78 is 8.87. The van der Waals surface area contributed by atoms with Gasteiger partial charge in [-0.15, -0.1) is 0 Å². The topological polar surface area (TPSA) is 62.2 Å². The number of hydrogen-bond donors (Lipinski definition) is 1. The van der Waals surface area contributed by atoms with Crippen LogP contribution in [0.4, 0.5) is 5.69 Å². The summed E-state index contributed by atoms with van der Waals surface area (Å²) in [5, 5.41) is 0. The standard InChI is InChI=1S/C15H21N3O2/c1-5-17-14(10(2)3)13(16)15(19)18(17)11-8-6-7-9-12(11)20-4/h6-10H,5,16H2,1-4H3. The van der Waals surface area contributed by atoms with E-state index in [4.69, 9.17) is 10.5 Å². The highest BCUT2D eigenvalue weighted by molar-refractivity contribution is 5.51. The minimum absolute atomic E-state index is 0.179. The Morgan fingerprint density at radius 1 is 1.30 bits per heavy atom. The summed E-state index contributed by atoms with van der Waals surface area (Å²) in [7, 11) is 1.59. The number of methoxy groups -OCH3 is 1. The summed E-state index contributed by atoms with van der Waals surface area (Å²) >= 11 is 0. The Bertz CT molecular complexity index is 668. The highest BCUT2D eigenvalue weighted by atomic mass is 16.5. The summed E-state index contributed by atoms with van der Waals surface area (Å²) in [5.74, 6) is 0.829. The van der Waals surface area contributed by atoms with Gasteiger partial charge in [0, 0.05) is 6.54 Å². The Morgan fingerprint density at radius 2 is 1.95 bits per heavy atom. The largest absolute Gasteiger partial charge is 0.494 e. The molecular weight excluding hydrogens is 254 g/mol. The third-order valence-electron chi connectivity index (χ3n) is 3.38. The highest BCUT2D eigenvalue weighted by Crippen LogP contribution is 2.26. The lowest BCUT2D eigenvalue weighted by molar-refractivity contribution is 0.406. The zero-order chi connectivity index (χ0) is 14.9. The van der Waals surface area contributed by atoms with Crippen molar-refractivity contribution in [3.8, 4) is 11.4 Å². The van der Waals surface area contributed by atoms with Crippen molar-refractivity contribution in [1.82, 2.24) is 9.36 Å². The molecule has 5 nitrogen and oxygen atoms in total. The molecule has 2 rings (SSSR count). The van der Waals surface area contributed by atoms with Gasteiger partial charge in [-0.1, -0.05) is 26.0 Å². The molecular formula is C15H21N3O2. The van der Waals surface area contributed by atoms with E-state index in [0.717, 1.165) is 5.69 Å². The van der Waals surface area contributed by atoms with Crippen molar-refractivity contribution in [3.63, 3.8) is 0 Å². The van der Waals surface area contributed by atoms with Crippen LogP contribution in [0.3, 0.4) is 0 Å². The van der Waals surface area contributed by atoms with E-state index >= 15 is 0 Å². The first kappa shape index (κ1) is 14.2. The van der Waals surface area contributed by atoms with Crippen LogP contribution in [0.5, 0.6) is 5.75 Å². The zero-order valence-electron chi connectivity index (χ0n) is 12.4. The predicted molar refractivity (Wildman–Crippen MR) is 80.8 cm³/mol. The molecule has 0 aliphatic heterocycles. The number of nitrogen functional groups attached to an aromatic ring is 1. The van der Waals surface area contributed by atoms with Crippen LogP contribution in [0.1, 0.15) is 32.4 Å². The van der Waals surface area contributed by atoms with E-state index in [1.54, 1.807) is 11.8 Å². The summed E-state index contributed by atoms with van der Waals surface area (Å²) in [5.41, 5.74) is 7.71. The van der Waals surface area contributed by atoms with E-state index in [9.17, 15) is 4.79 Å². The van der Waals surface area contributed by atoms with E-state index in [0.29, 0.717) is 23.7 Å². The van der Waals surface area contributed by atoms with Crippen LogP contribution in [0.25, 0.3) is 5.69 Å². The minimum Gasteiger partial charge on any atom is -0.494 e. The Labute approximate surface area is 118 Å². The molecule has 0 radical (unpaired) electrons. The number of rotatable bonds is 4. The van der Waals surface area contributed by atoms with Gasteiger partial charge in [0.05, 0.1) is 12.8 Å². The Morgan fingerprint density at radius 3 is 2.50 bits per heavy atom. The van der Waals surface area contributed by atoms with Gasteiger partial charge in [0.1, 0.15) is 17.1 Å². The number of aromatic nitrogens is 2. The fourth-order valence-corrected chi connectivity index (χ4v) is 2.55. The van der Waals surface area contributed by atoms with Crippen molar-refractivity contribution in [1.29, 1.82) is 0 Å². The molecule has 0 aliphatic rings. The average Bonchev–Trinajstić information content (AvgIpc) is 2.70. The number of hydrogen-bond acceptors (Lipinski definition) is 3. The molecule has 0 atom stereocenters. The maximum atomic E-state index is 12.5. The lowest BCUT2D eigenvalue weighted by atomic mass is 10.1. The molecule has 1 aromatic carbocycles. The Kier molecular flexibility index (Phi) is 3.88. The van der Waals surface area contributed by atoms with Crippen LogP contribution >= 0.6 is 0 Å². The molecule has 108 valence electrons. The third kappa shape index (κ3) is 2.09. The second kappa shape index (κ2) is 5.45. The van der Waals surface area contributed by atoms with Gasteiger partial charge in [-0.2, -0.15) is 0 Å². The van der Waals surface area contributed by atoms with E-state index in [2.05, 4.69) is 0 Å². The Hall–Kier alpha value is -2.17. The van der Waals surface area contributed by atoms with E-state index in [-0.39, 0.29) is 11.5 Å². The predicted octanol–water partition coefficient (Wildman–Crippen LogP) is 2.37. The van der Waals surface area contributed by atoms with Gasteiger partial charge in [0.15, 0.2) is 0 Å². The van der Waals surface area contributed by atoms with Crippen LogP contribution in [-0.2, 0) is 6.54 Å². The van der Waals surface area contributed by atoms with Gasteiger partial charge in [-0.3, -0.25) is 9.48 Å². The van der Waals surface area contributed by atoms with Gasteiger partial charge in [-0.25, -0.2) is 4.68 Å². The number of nitrogens with two attached hydrogens (primary N) is 1. The normalized spacial score (nSPS) is 11.1. The summed E-state index contributed by atoms with van der Waals surface area (Å²) in [6, 6.07) is 7.44. The van der Waals surface area contributed by atoms with Crippen LogP contribution < -0.4 is 16.0 Å². The van der Waals surface area contributed by atoms with Gasteiger partial charge in [0.25, 0.3) is 5.56 Å². The van der Waals surface area contributed by atoms with E-state index in [1.165, 1.54) is 0 Å².